The van der Waals surface area contributed by atoms with Gasteiger partial charge in [-0.05, 0) is 0 Å². The maximum Gasteiger partial charge on any atom is 0.304 e. The average Bonchev–Trinajstić information content (AvgIpc) is 2.74. The summed E-state index contributed by atoms with van der Waals surface area (Å²) in [5.41, 5.74) is -0.629. The highest BCUT2D eigenvalue weighted by molar-refractivity contribution is 7.89. The minimum Gasteiger partial charge on any atom is -0.481 e. The monoisotopic (exact) mass is 267 g/mol. The highest BCUT2D eigenvalue weighted by Crippen LogP contribution is 2.21. The van der Waals surface area contributed by atoms with Crippen LogP contribution in [0.3, 0.4) is 0 Å². The predicted molar refractivity (Wildman–Crippen MR) is 59.2 cm³/mol. The van der Waals surface area contributed by atoms with E-state index >= 15 is 0 Å². The van der Waals surface area contributed by atoms with Crippen molar-refractivity contribution in [3.8, 4) is 0 Å². The summed E-state index contributed by atoms with van der Waals surface area (Å²) in [6, 6.07) is 0. The second-order valence-electron chi connectivity index (χ2n) is 3.97. The van der Waals surface area contributed by atoms with Gasteiger partial charge in [0, 0.05) is 26.7 Å². The van der Waals surface area contributed by atoms with Crippen LogP contribution in [0.4, 0.5) is 0 Å². The minimum atomic E-state index is -3.58. The smallest absolute Gasteiger partial charge is 0.304 e. The van der Waals surface area contributed by atoms with E-state index in [1.165, 1.54) is 7.11 Å². The Morgan fingerprint density at radius 3 is 2.76 bits per heavy atom. The van der Waals surface area contributed by atoms with Gasteiger partial charge in [-0.1, -0.05) is 0 Å². The van der Waals surface area contributed by atoms with Crippen LogP contribution in [0, 0.1) is 0 Å². The highest BCUT2D eigenvalue weighted by atomic mass is 32.2. The fourth-order valence-corrected chi connectivity index (χ4v) is 2.57. The van der Waals surface area contributed by atoms with E-state index in [9.17, 15) is 13.2 Å². The molecule has 0 amide bonds. The zero-order chi connectivity index (χ0) is 12.9. The van der Waals surface area contributed by atoms with Crippen LogP contribution in [0.5, 0.6) is 0 Å². The van der Waals surface area contributed by atoms with Crippen LogP contribution < -0.4 is 4.72 Å². The van der Waals surface area contributed by atoms with Gasteiger partial charge < -0.3 is 14.6 Å². The normalized spacial score (nSPS) is 25.0. The molecule has 0 bridgehead atoms. The fourth-order valence-electron chi connectivity index (χ4n) is 1.50. The number of sulfonamides is 1. The largest absolute Gasteiger partial charge is 0.481 e. The molecule has 0 aromatic carbocycles. The van der Waals surface area contributed by atoms with Gasteiger partial charge >= 0.3 is 5.97 Å². The quantitative estimate of drug-likeness (QED) is 0.625. The molecule has 1 saturated heterocycles. The van der Waals surface area contributed by atoms with Crippen LogP contribution in [-0.2, 0) is 24.3 Å². The summed E-state index contributed by atoms with van der Waals surface area (Å²) in [4.78, 5) is 10.3. The summed E-state index contributed by atoms with van der Waals surface area (Å²) in [7, 11) is -2.08. The molecule has 0 aromatic heterocycles. The molecule has 1 heterocycles. The maximum atomic E-state index is 11.5. The topological polar surface area (TPSA) is 102 Å². The molecule has 0 aromatic rings. The van der Waals surface area contributed by atoms with Crippen molar-refractivity contribution in [1.82, 2.24) is 4.72 Å². The molecule has 0 saturated carbocycles. The van der Waals surface area contributed by atoms with Gasteiger partial charge in [-0.25, -0.2) is 13.1 Å². The van der Waals surface area contributed by atoms with Crippen molar-refractivity contribution in [1.29, 1.82) is 0 Å². The first-order chi connectivity index (χ1) is 7.89. The summed E-state index contributed by atoms with van der Waals surface area (Å²) in [5, 5.41) is 8.42. The third-order valence-electron chi connectivity index (χ3n) is 2.70. The Morgan fingerprint density at radius 2 is 2.29 bits per heavy atom. The van der Waals surface area contributed by atoms with Crippen molar-refractivity contribution in [2.45, 2.75) is 18.4 Å². The number of carbonyl (C=O) groups is 1. The number of nitrogens with one attached hydrogen (secondary N) is 1. The van der Waals surface area contributed by atoms with Gasteiger partial charge in [-0.3, -0.25) is 4.79 Å². The number of ether oxygens (including phenoxy) is 2. The predicted octanol–water partition coefficient (Wildman–Crippen LogP) is -0.814. The fraction of sp³-hybridized carbons (Fsp3) is 0.889. The van der Waals surface area contributed by atoms with E-state index < -0.39 is 33.8 Å². The van der Waals surface area contributed by atoms with Crippen molar-refractivity contribution in [3.63, 3.8) is 0 Å². The van der Waals surface area contributed by atoms with Crippen molar-refractivity contribution < 1.29 is 27.8 Å². The first kappa shape index (κ1) is 14.4. The van der Waals surface area contributed by atoms with Crippen LogP contribution in [0.2, 0.25) is 0 Å². The Bertz CT molecular complexity index is 360. The zero-order valence-corrected chi connectivity index (χ0v) is 10.5. The number of methoxy groups -OCH3 is 1. The van der Waals surface area contributed by atoms with Crippen molar-refractivity contribution in [2.24, 2.45) is 0 Å². The molecule has 17 heavy (non-hydrogen) atoms. The second-order valence-corrected chi connectivity index (χ2v) is 5.90. The van der Waals surface area contributed by atoms with Gasteiger partial charge in [0.1, 0.15) is 5.60 Å². The summed E-state index contributed by atoms with van der Waals surface area (Å²) < 4.78 is 35.7. The molecule has 7 nitrogen and oxygen atoms in total. The lowest BCUT2D eigenvalue weighted by molar-refractivity contribution is -0.136. The summed E-state index contributed by atoms with van der Waals surface area (Å²) >= 11 is 0. The van der Waals surface area contributed by atoms with E-state index in [4.69, 9.17) is 14.6 Å². The molecule has 1 rings (SSSR count). The molecule has 2 N–H and O–H groups in total. The Morgan fingerprint density at radius 1 is 1.59 bits per heavy atom. The number of hydrogen-bond acceptors (Lipinski definition) is 5. The van der Waals surface area contributed by atoms with Crippen LogP contribution >= 0.6 is 0 Å². The van der Waals surface area contributed by atoms with Crippen LogP contribution in [0.1, 0.15) is 12.8 Å². The lowest BCUT2D eigenvalue weighted by atomic mass is 10.0. The molecule has 1 fully saturated rings. The SMILES string of the molecule is COC1(CNS(=O)(=O)CCC(=O)O)CCOC1. The summed E-state index contributed by atoms with van der Waals surface area (Å²) in [6.45, 7) is 0.973. The van der Waals surface area contributed by atoms with Crippen molar-refractivity contribution in [3.05, 3.63) is 0 Å². The lowest BCUT2D eigenvalue weighted by Crippen LogP contribution is -2.45. The number of carboxylic acid groups (broad SMARTS) is 1. The van der Waals surface area contributed by atoms with Crippen LogP contribution in [0.15, 0.2) is 0 Å². The maximum absolute atomic E-state index is 11.5. The first-order valence-electron chi connectivity index (χ1n) is 5.21. The van der Waals surface area contributed by atoms with E-state index in [1.54, 1.807) is 0 Å². The van der Waals surface area contributed by atoms with E-state index in [0.29, 0.717) is 19.6 Å². The Labute approximate surface area is 100 Å². The van der Waals surface area contributed by atoms with Crippen molar-refractivity contribution in [2.75, 3.05) is 32.6 Å². The molecule has 1 unspecified atom stereocenters. The molecule has 1 aliphatic rings. The van der Waals surface area contributed by atoms with Crippen LogP contribution in [0.25, 0.3) is 0 Å². The highest BCUT2D eigenvalue weighted by Gasteiger charge is 2.35. The van der Waals surface area contributed by atoms with Gasteiger partial charge in [0.15, 0.2) is 0 Å². The Hall–Kier alpha value is -0.700. The number of hydrogen-bond donors (Lipinski definition) is 2. The molecule has 1 aliphatic heterocycles. The third-order valence-corrected chi connectivity index (χ3v) is 4.02. The van der Waals surface area contributed by atoms with E-state index in [0.717, 1.165) is 0 Å². The van der Waals surface area contributed by atoms with Crippen LogP contribution in [-0.4, -0.2) is 57.7 Å². The summed E-state index contributed by atoms with van der Waals surface area (Å²) in [5.74, 6) is -1.57. The molecule has 0 aliphatic carbocycles. The molecular weight excluding hydrogens is 250 g/mol. The van der Waals surface area contributed by atoms with E-state index in [2.05, 4.69) is 4.72 Å². The molecule has 100 valence electrons. The molecule has 0 radical (unpaired) electrons. The minimum absolute atomic E-state index is 0.103. The number of aliphatic carboxylic acids is 1. The molecule has 1 atom stereocenters. The first-order valence-corrected chi connectivity index (χ1v) is 6.86. The summed E-state index contributed by atoms with van der Waals surface area (Å²) in [6.07, 6.45) is 0.205. The second kappa shape index (κ2) is 5.76. The zero-order valence-electron chi connectivity index (χ0n) is 9.64. The van der Waals surface area contributed by atoms with Gasteiger partial charge in [0.05, 0.1) is 18.8 Å². The average molecular weight is 267 g/mol. The van der Waals surface area contributed by atoms with Gasteiger partial charge in [-0.2, -0.15) is 0 Å². The van der Waals surface area contributed by atoms with Gasteiger partial charge in [-0.15, -0.1) is 0 Å². The van der Waals surface area contributed by atoms with Gasteiger partial charge in [0.2, 0.25) is 10.0 Å². The lowest BCUT2D eigenvalue weighted by Gasteiger charge is -2.25. The Kier molecular flexibility index (Phi) is 4.87. The number of rotatable bonds is 7. The van der Waals surface area contributed by atoms with Gasteiger partial charge in [0.25, 0.3) is 0 Å². The van der Waals surface area contributed by atoms with E-state index in [1.807, 2.05) is 0 Å². The van der Waals surface area contributed by atoms with Crippen molar-refractivity contribution >= 4 is 16.0 Å². The standard InChI is InChI=1S/C9H17NO6S/c1-15-9(3-4-16-7-9)6-10-17(13,14)5-2-8(11)12/h10H,2-7H2,1H3,(H,11,12). The molecular formula is C9H17NO6S. The Balaban J connectivity index is 2.45. The molecule has 8 heteroatoms. The number of carboxylic acids is 1. The molecule has 0 spiro atoms. The van der Waals surface area contributed by atoms with E-state index in [-0.39, 0.29) is 6.54 Å². The third kappa shape index (κ3) is 4.58.